The van der Waals surface area contributed by atoms with Gasteiger partial charge in [-0.3, -0.25) is 0 Å². The number of carbonyl (C=O) groups is 1. The first kappa shape index (κ1) is 17.4. The minimum absolute atomic E-state index is 0.326. The summed E-state index contributed by atoms with van der Waals surface area (Å²) in [5.74, 6) is 0.800. The average Bonchev–Trinajstić information content (AvgIpc) is 2.46. The van der Waals surface area contributed by atoms with Gasteiger partial charge in [-0.25, -0.2) is 4.79 Å². The van der Waals surface area contributed by atoms with Crippen molar-refractivity contribution in [3.8, 4) is 5.75 Å². The molecule has 0 bridgehead atoms. The number of hydrogen-bond acceptors (Lipinski definition) is 2. The molecule has 2 aromatic carbocycles. The predicted molar refractivity (Wildman–Crippen MR) is 94.9 cm³/mol. The molecular weight excluding hydrogens is 335 g/mol. The van der Waals surface area contributed by atoms with Crippen LogP contribution in [-0.2, 0) is 0 Å². The molecule has 122 valence electrons. The van der Waals surface area contributed by atoms with Crippen LogP contribution in [0.15, 0.2) is 36.4 Å². The number of anilines is 1. The molecular formula is C17H18Cl2N2O2. The third-order valence-electron chi connectivity index (χ3n) is 3.03. The average molecular weight is 353 g/mol. The molecule has 0 heterocycles. The lowest BCUT2D eigenvalue weighted by molar-refractivity contribution is 0.247. The van der Waals surface area contributed by atoms with Crippen molar-refractivity contribution in [3.05, 3.63) is 57.6 Å². The number of urea groups is 1. The topological polar surface area (TPSA) is 50.4 Å². The highest BCUT2D eigenvalue weighted by atomic mass is 35.5. The summed E-state index contributed by atoms with van der Waals surface area (Å²) >= 11 is 11.7. The predicted octanol–water partition coefficient (Wildman–Crippen LogP) is 4.81. The van der Waals surface area contributed by atoms with Gasteiger partial charge in [-0.15, -0.1) is 0 Å². The first-order chi connectivity index (χ1) is 10.9. The molecule has 0 saturated heterocycles. The summed E-state index contributed by atoms with van der Waals surface area (Å²) in [5, 5.41) is 6.23. The lowest BCUT2D eigenvalue weighted by Crippen LogP contribution is -2.32. The van der Waals surface area contributed by atoms with Gasteiger partial charge in [0.25, 0.3) is 0 Å². The Morgan fingerprint density at radius 2 is 1.74 bits per heavy atom. The molecule has 2 aromatic rings. The number of benzene rings is 2. The fourth-order valence-corrected chi connectivity index (χ4v) is 2.40. The molecule has 23 heavy (non-hydrogen) atoms. The van der Waals surface area contributed by atoms with Gasteiger partial charge in [-0.1, -0.05) is 29.3 Å². The molecule has 6 heteroatoms. The Hall–Kier alpha value is -1.91. The molecule has 2 amide bonds. The van der Waals surface area contributed by atoms with Crippen molar-refractivity contribution < 1.29 is 9.53 Å². The quantitative estimate of drug-likeness (QED) is 0.758. The fourth-order valence-electron chi connectivity index (χ4n) is 2.10. The van der Waals surface area contributed by atoms with E-state index in [0.29, 0.717) is 28.9 Å². The molecule has 0 aliphatic rings. The molecule has 2 rings (SSSR count). The molecule has 0 saturated carbocycles. The zero-order chi connectivity index (χ0) is 16.8. The molecule has 0 radical (unpaired) electrons. The van der Waals surface area contributed by atoms with Crippen molar-refractivity contribution in [2.24, 2.45) is 0 Å². The Labute approximate surface area is 145 Å². The molecule has 4 nitrogen and oxygen atoms in total. The third kappa shape index (κ3) is 5.66. The van der Waals surface area contributed by atoms with E-state index in [1.165, 1.54) is 0 Å². The number of carbonyl (C=O) groups excluding carboxylic acids is 1. The van der Waals surface area contributed by atoms with E-state index < -0.39 is 0 Å². The van der Waals surface area contributed by atoms with Crippen LogP contribution in [0, 0.1) is 13.8 Å². The minimum atomic E-state index is -0.326. The van der Waals surface area contributed by atoms with Gasteiger partial charge in [0.2, 0.25) is 0 Å². The number of hydrogen-bond donors (Lipinski definition) is 2. The Balaban J connectivity index is 1.75. The van der Waals surface area contributed by atoms with Crippen LogP contribution in [0.3, 0.4) is 0 Å². The smallest absolute Gasteiger partial charge is 0.319 e. The monoisotopic (exact) mass is 352 g/mol. The van der Waals surface area contributed by atoms with Crippen molar-refractivity contribution in [1.29, 1.82) is 0 Å². The lowest BCUT2D eigenvalue weighted by Gasteiger charge is -2.10. The van der Waals surface area contributed by atoms with Crippen LogP contribution in [0.4, 0.5) is 10.5 Å². The summed E-state index contributed by atoms with van der Waals surface area (Å²) in [6.45, 7) is 4.81. The van der Waals surface area contributed by atoms with Gasteiger partial charge >= 0.3 is 6.03 Å². The van der Waals surface area contributed by atoms with Crippen LogP contribution in [-0.4, -0.2) is 19.2 Å². The van der Waals surface area contributed by atoms with Crippen LogP contribution in [0.1, 0.15) is 11.1 Å². The summed E-state index contributed by atoms with van der Waals surface area (Å²) in [7, 11) is 0. The van der Waals surface area contributed by atoms with Gasteiger partial charge < -0.3 is 15.4 Å². The standard InChI is InChI=1S/C17H18Cl2N2O2/c1-11-7-12(2)9-14(8-11)23-6-5-20-17(22)21-13-3-4-15(18)16(19)10-13/h3-4,7-10H,5-6H2,1-2H3,(H2,20,21,22). The Morgan fingerprint density at radius 3 is 2.39 bits per heavy atom. The zero-order valence-corrected chi connectivity index (χ0v) is 14.5. The highest BCUT2D eigenvalue weighted by Crippen LogP contribution is 2.24. The van der Waals surface area contributed by atoms with Gasteiger partial charge in [0.1, 0.15) is 12.4 Å². The van der Waals surface area contributed by atoms with Gasteiger partial charge in [-0.05, 0) is 55.3 Å². The van der Waals surface area contributed by atoms with Gasteiger partial charge in [-0.2, -0.15) is 0 Å². The maximum Gasteiger partial charge on any atom is 0.319 e. The van der Waals surface area contributed by atoms with Crippen molar-refractivity contribution in [2.45, 2.75) is 13.8 Å². The summed E-state index contributed by atoms with van der Waals surface area (Å²) < 4.78 is 5.62. The number of ether oxygens (including phenoxy) is 1. The molecule has 0 aliphatic carbocycles. The van der Waals surface area contributed by atoms with E-state index >= 15 is 0 Å². The van der Waals surface area contributed by atoms with E-state index in [1.54, 1.807) is 18.2 Å². The maximum absolute atomic E-state index is 11.8. The lowest BCUT2D eigenvalue weighted by atomic mass is 10.1. The molecule has 0 aromatic heterocycles. The summed E-state index contributed by atoms with van der Waals surface area (Å²) in [5.41, 5.74) is 2.86. The summed E-state index contributed by atoms with van der Waals surface area (Å²) in [4.78, 5) is 11.8. The second-order valence-electron chi connectivity index (χ2n) is 5.18. The fraction of sp³-hybridized carbons (Fsp3) is 0.235. The van der Waals surface area contributed by atoms with Crippen molar-refractivity contribution in [1.82, 2.24) is 5.32 Å². The van der Waals surface area contributed by atoms with Crippen LogP contribution >= 0.6 is 23.2 Å². The van der Waals surface area contributed by atoms with E-state index in [9.17, 15) is 4.79 Å². The van der Waals surface area contributed by atoms with E-state index in [4.69, 9.17) is 27.9 Å². The Morgan fingerprint density at radius 1 is 1.04 bits per heavy atom. The van der Waals surface area contributed by atoms with Gasteiger partial charge in [0.05, 0.1) is 16.6 Å². The molecule has 0 atom stereocenters. The maximum atomic E-state index is 11.8. The normalized spacial score (nSPS) is 10.3. The SMILES string of the molecule is Cc1cc(C)cc(OCCNC(=O)Nc2ccc(Cl)c(Cl)c2)c1. The third-order valence-corrected chi connectivity index (χ3v) is 3.77. The summed E-state index contributed by atoms with van der Waals surface area (Å²) in [6.07, 6.45) is 0. The number of amides is 2. The number of aryl methyl sites for hydroxylation is 2. The second kappa shape index (κ2) is 8.09. The van der Waals surface area contributed by atoms with Crippen molar-refractivity contribution in [2.75, 3.05) is 18.5 Å². The van der Waals surface area contributed by atoms with Crippen molar-refractivity contribution >= 4 is 34.9 Å². The van der Waals surface area contributed by atoms with E-state index in [1.807, 2.05) is 26.0 Å². The van der Waals surface area contributed by atoms with Gasteiger partial charge in [0, 0.05) is 5.69 Å². The largest absolute Gasteiger partial charge is 0.492 e. The second-order valence-corrected chi connectivity index (χ2v) is 6.00. The molecule has 0 unspecified atom stereocenters. The van der Waals surface area contributed by atoms with Crippen LogP contribution in [0.25, 0.3) is 0 Å². The van der Waals surface area contributed by atoms with Crippen LogP contribution in [0.2, 0.25) is 10.0 Å². The van der Waals surface area contributed by atoms with E-state index in [-0.39, 0.29) is 6.03 Å². The molecule has 2 N–H and O–H groups in total. The summed E-state index contributed by atoms with van der Waals surface area (Å²) in [6, 6.07) is 10.6. The van der Waals surface area contributed by atoms with Gasteiger partial charge in [0.15, 0.2) is 0 Å². The molecule has 0 fully saturated rings. The number of nitrogens with one attached hydrogen (secondary N) is 2. The minimum Gasteiger partial charge on any atom is -0.492 e. The first-order valence-corrected chi connectivity index (χ1v) is 7.90. The highest BCUT2D eigenvalue weighted by Gasteiger charge is 2.04. The van der Waals surface area contributed by atoms with Crippen LogP contribution in [0.5, 0.6) is 5.75 Å². The Bertz CT molecular complexity index is 685. The van der Waals surface area contributed by atoms with E-state index in [2.05, 4.69) is 16.7 Å². The molecule has 0 spiro atoms. The van der Waals surface area contributed by atoms with E-state index in [0.717, 1.165) is 16.9 Å². The first-order valence-electron chi connectivity index (χ1n) is 7.15. The van der Waals surface area contributed by atoms with Crippen molar-refractivity contribution in [3.63, 3.8) is 0 Å². The number of rotatable bonds is 5. The highest BCUT2D eigenvalue weighted by molar-refractivity contribution is 6.42. The molecule has 0 aliphatic heterocycles. The van der Waals surface area contributed by atoms with Crippen LogP contribution < -0.4 is 15.4 Å². The number of halogens is 2. The Kier molecular flexibility index (Phi) is 6.13. The zero-order valence-electron chi connectivity index (χ0n) is 13.0.